The van der Waals surface area contributed by atoms with Crippen molar-refractivity contribution in [1.29, 1.82) is 0 Å². The SMILES string of the molecule is CCC(=O)c1c(-c2ccc(C)cc2)oc2cc(N(C)S(C)(=O)=O)c(-c3ccc4c(n3)-c3cc5c(F)cccc5n3C(CCO)O4)cc12. The van der Waals surface area contributed by atoms with E-state index in [9.17, 15) is 22.7 Å². The number of carbonyl (C=O) groups excluding carboxylic acids is 1. The Morgan fingerprint density at radius 3 is 2.53 bits per heavy atom. The van der Waals surface area contributed by atoms with Crippen molar-refractivity contribution in [1.82, 2.24) is 9.55 Å². The molecule has 1 atom stereocenters. The topological polar surface area (TPSA) is 115 Å². The molecule has 3 aromatic carbocycles. The molecule has 9 nitrogen and oxygen atoms in total. The van der Waals surface area contributed by atoms with Gasteiger partial charge in [-0.2, -0.15) is 0 Å². The summed E-state index contributed by atoms with van der Waals surface area (Å²) in [5.41, 5.74) is 5.32. The van der Waals surface area contributed by atoms with E-state index in [1.165, 1.54) is 13.1 Å². The Balaban J connectivity index is 1.49. The van der Waals surface area contributed by atoms with Crippen molar-refractivity contribution in [2.24, 2.45) is 0 Å². The number of aliphatic hydroxyl groups is 1. The van der Waals surface area contributed by atoms with Gasteiger partial charge in [-0.05, 0) is 43.3 Å². The lowest BCUT2D eigenvalue weighted by Crippen LogP contribution is -2.25. The normalized spacial score (nSPS) is 14.2. The van der Waals surface area contributed by atoms with Gasteiger partial charge in [-0.15, -0.1) is 0 Å². The molecule has 1 N–H and O–H groups in total. The Morgan fingerprint density at radius 2 is 1.83 bits per heavy atom. The van der Waals surface area contributed by atoms with E-state index in [-0.39, 0.29) is 25.2 Å². The molecule has 6 aromatic rings. The number of fused-ring (bicyclic) bond motifs is 6. The summed E-state index contributed by atoms with van der Waals surface area (Å²) in [5.74, 6) is 0.326. The van der Waals surface area contributed by atoms with E-state index < -0.39 is 22.1 Å². The van der Waals surface area contributed by atoms with Crippen LogP contribution in [0.5, 0.6) is 5.75 Å². The first-order valence-corrected chi connectivity index (χ1v) is 17.1. The van der Waals surface area contributed by atoms with Crippen molar-refractivity contribution >= 4 is 43.4 Å². The van der Waals surface area contributed by atoms with Gasteiger partial charge in [0.1, 0.15) is 28.6 Å². The summed E-state index contributed by atoms with van der Waals surface area (Å²) in [5, 5.41) is 10.7. The number of aryl methyl sites for hydroxylation is 1. The maximum Gasteiger partial charge on any atom is 0.232 e. The number of Topliss-reactive ketones (excluding diaryl/α,β-unsaturated/α-hetero) is 1. The summed E-state index contributed by atoms with van der Waals surface area (Å²) in [6.45, 7) is 3.61. The average molecular weight is 654 g/mol. The van der Waals surface area contributed by atoms with Crippen molar-refractivity contribution < 1.29 is 31.9 Å². The van der Waals surface area contributed by atoms with Crippen LogP contribution in [-0.4, -0.2) is 48.8 Å². The summed E-state index contributed by atoms with van der Waals surface area (Å²) in [6.07, 6.45) is 1.02. The maximum absolute atomic E-state index is 15.0. The summed E-state index contributed by atoms with van der Waals surface area (Å²) >= 11 is 0. The Morgan fingerprint density at radius 1 is 1.06 bits per heavy atom. The predicted molar refractivity (Wildman–Crippen MR) is 180 cm³/mol. The molecule has 0 spiro atoms. The second kappa shape index (κ2) is 11.4. The standard InChI is InChI=1S/C36H32FN3O6S/c1-5-30(42)34-24-17-23(28(39(3)47(4,43)44)19-32(24)46-36(34)21-11-9-20(2)10-12-21)26-13-14-31-35(38-26)29-18-22-25(37)7-6-8-27(22)40(29)33(45-31)15-16-41/h6-14,17-19,33,41H,5,15-16H2,1-4H3. The molecule has 3 aromatic heterocycles. The minimum atomic E-state index is -3.74. The number of ether oxygens (including phenoxy) is 1. The summed E-state index contributed by atoms with van der Waals surface area (Å²) in [7, 11) is -2.29. The zero-order valence-electron chi connectivity index (χ0n) is 26.2. The highest BCUT2D eigenvalue weighted by atomic mass is 32.2. The smallest absolute Gasteiger partial charge is 0.232 e. The number of nitrogens with zero attached hydrogens (tertiary/aromatic N) is 3. The molecule has 0 radical (unpaired) electrons. The highest BCUT2D eigenvalue weighted by molar-refractivity contribution is 7.92. The molecule has 11 heteroatoms. The van der Waals surface area contributed by atoms with Crippen molar-refractivity contribution in [3.63, 3.8) is 0 Å². The van der Waals surface area contributed by atoms with Gasteiger partial charge in [-0.3, -0.25) is 9.10 Å². The van der Waals surface area contributed by atoms with Gasteiger partial charge in [-0.25, -0.2) is 17.8 Å². The van der Waals surface area contributed by atoms with E-state index in [1.54, 1.807) is 49.4 Å². The van der Waals surface area contributed by atoms with Crippen LogP contribution >= 0.6 is 0 Å². The van der Waals surface area contributed by atoms with Gasteiger partial charge in [0.15, 0.2) is 12.0 Å². The fourth-order valence-corrected chi connectivity index (χ4v) is 6.73. The van der Waals surface area contributed by atoms with Crippen molar-refractivity contribution in [2.45, 2.75) is 32.9 Å². The molecule has 0 saturated heterocycles. The molecule has 7 rings (SSSR count). The van der Waals surface area contributed by atoms with Crippen LogP contribution in [0.15, 0.2) is 77.2 Å². The monoisotopic (exact) mass is 653 g/mol. The van der Waals surface area contributed by atoms with Crippen LogP contribution in [0.1, 0.15) is 41.9 Å². The van der Waals surface area contributed by atoms with E-state index in [2.05, 4.69) is 0 Å². The lowest BCUT2D eigenvalue weighted by Gasteiger charge is -2.29. The second-order valence-electron chi connectivity index (χ2n) is 11.7. The number of aliphatic hydroxyl groups excluding tert-OH is 1. The summed E-state index contributed by atoms with van der Waals surface area (Å²) in [6, 6.07) is 21.0. The molecule has 47 heavy (non-hydrogen) atoms. The minimum Gasteiger partial charge on any atom is -0.468 e. The minimum absolute atomic E-state index is 0.122. The molecule has 240 valence electrons. The average Bonchev–Trinajstić information content (AvgIpc) is 3.63. The Bertz CT molecular complexity index is 2330. The third-order valence-electron chi connectivity index (χ3n) is 8.69. The predicted octanol–water partition coefficient (Wildman–Crippen LogP) is 7.49. The number of aromatic nitrogens is 2. The van der Waals surface area contributed by atoms with Crippen molar-refractivity contribution in [2.75, 3.05) is 24.2 Å². The first kappa shape index (κ1) is 30.6. The van der Waals surface area contributed by atoms with Crippen LogP contribution in [0, 0.1) is 12.7 Å². The van der Waals surface area contributed by atoms with E-state index >= 15 is 0 Å². The first-order chi connectivity index (χ1) is 22.5. The van der Waals surface area contributed by atoms with Crippen LogP contribution < -0.4 is 9.04 Å². The third-order valence-corrected chi connectivity index (χ3v) is 9.88. The lowest BCUT2D eigenvalue weighted by atomic mass is 9.97. The largest absolute Gasteiger partial charge is 0.468 e. The van der Waals surface area contributed by atoms with Crippen molar-refractivity contribution in [3.8, 4) is 39.7 Å². The number of halogens is 1. The quantitative estimate of drug-likeness (QED) is 0.169. The Labute approximate surface area is 270 Å². The molecule has 1 unspecified atom stereocenters. The van der Waals surface area contributed by atoms with Crippen LogP contribution in [0.3, 0.4) is 0 Å². The number of benzene rings is 3. The third kappa shape index (κ3) is 5.06. The maximum atomic E-state index is 15.0. The van der Waals surface area contributed by atoms with Gasteiger partial charge in [0.25, 0.3) is 0 Å². The number of carbonyl (C=O) groups is 1. The molecule has 0 fully saturated rings. The number of sulfonamides is 1. The molecule has 0 aliphatic carbocycles. The Hall–Kier alpha value is -5.00. The molecule has 0 bridgehead atoms. The van der Waals surface area contributed by atoms with Gasteiger partial charge >= 0.3 is 0 Å². The van der Waals surface area contributed by atoms with Crippen LogP contribution in [0.2, 0.25) is 0 Å². The lowest BCUT2D eigenvalue weighted by molar-refractivity contribution is 0.0960. The second-order valence-corrected chi connectivity index (χ2v) is 13.8. The zero-order valence-corrected chi connectivity index (χ0v) is 27.1. The molecule has 0 amide bonds. The molecule has 1 aliphatic heterocycles. The highest BCUT2D eigenvalue weighted by Gasteiger charge is 2.31. The van der Waals surface area contributed by atoms with E-state index in [0.717, 1.165) is 21.7 Å². The van der Waals surface area contributed by atoms with E-state index in [4.69, 9.17) is 14.1 Å². The van der Waals surface area contributed by atoms with Gasteiger partial charge in [-0.1, -0.05) is 42.8 Å². The molecular weight excluding hydrogens is 621 g/mol. The van der Waals surface area contributed by atoms with E-state index in [1.807, 2.05) is 35.8 Å². The summed E-state index contributed by atoms with van der Waals surface area (Å²) in [4.78, 5) is 18.4. The van der Waals surface area contributed by atoms with Crippen LogP contribution in [0.25, 0.3) is 55.8 Å². The van der Waals surface area contributed by atoms with Crippen LogP contribution in [0.4, 0.5) is 10.1 Å². The van der Waals surface area contributed by atoms with E-state index in [0.29, 0.717) is 67.3 Å². The van der Waals surface area contributed by atoms with Gasteiger partial charge in [0.05, 0.1) is 34.4 Å². The fourth-order valence-electron chi connectivity index (χ4n) is 6.22. The van der Waals surface area contributed by atoms with Crippen LogP contribution in [-0.2, 0) is 10.0 Å². The Kier molecular flexibility index (Phi) is 7.40. The first-order valence-electron chi connectivity index (χ1n) is 15.2. The van der Waals surface area contributed by atoms with Gasteiger partial charge in [0.2, 0.25) is 10.0 Å². The molecule has 0 saturated carbocycles. The number of rotatable bonds is 8. The number of hydrogen-bond donors (Lipinski definition) is 1. The van der Waals surface area contributed by atoms with Gasteiger partial charge in [0, 0.05) is 54.5 Å². The number of ketones is 1. The van der Waals surface area contributed by atoms with Crippen molar-refractivity contribution in [3.05, 3.63) is 89.7 Å². The number of hydrogen-bond acceptors (Lipinski definition) is 7. The number of furan rings is 1. The molecule has 1 aliphatic rings. The summed E-state index contributed by atoms with van der Waals surface area (Å²) < 4.78 is 56.3. The molecule has 4 heterocycles. The van der Waals surface area contributed by atoms with Gasteiger partial charge < -0.3 is 18.8 Å². The molecular formula is C36H32FN3O6S. The zero-order chi connectivity index (χ0) is 33.2. The highest BCUT2D eigenvalue weighted by Crippen LogP contribution is 2.46. The number of anilines is 1. The fraction of sp³-hybridized carbons (Fsp3) is 0.222. The number of pyridine rings is 1.